The van der Waals surface area contributed by atoms with Gasteiger partial charge in [-0.3, -0.25) is 9.78 Å². The van der Waals surface area contributed by atoms with Crippen LogP contribution in [0.1, 0.15) is 23.3 Å². The van der Waals surface area contributed by atoms with Gasteiger partial charge in [0.25, 0.3) is 5.91 Å². The summed E-state index contributed by atoms with van der Waals surface area (Å²) in [6, 6.07) is 5.41. The molecule has 6 heteroatoms. The van der Waals surface area contributed by atoms with Crippen LogP contribution in [-0.2, 0) is 0 Å². The van der Waals surface area contributed by atoms with E-state index in [1.54, 1.807) is 24.4 Å². The van der Waals surface area contributed by atoms with Gasteiger partial charge in [0.05, 0.1) is 0 Å². The number of hydrogen-bond acceptors (Lipinski definition) is 3. The van der Waals surface area contributed by atoms with E-state index in [0.29, 0.717) is 18.2 Å². The first-order chi connectivity index (χ1) is 7.31. The standard InChI is InChI=1S/C11H15N3O.2ClH/c12-7-10(8-4-5-8)14-11(15)9-3-1-2-6-13-9;;/h1-3,6,8,10H,4-5,7,12H2,(H,14,15);2*1H. The smallest absolute Gasteiger partial charge is 0.270 e. The van der Waals surface area contributed by atoms with Crippen LogP contribution in [0.4, 0.5) is 0 Å². The molecule has 1 aromatic rings. The molecule has 3 N–H and O–H groups in total. The number of aromatic nitrogens is 1. The van der Waals surface area contributed by atoms with Gasteiger partial charge in [-0.15, -0.1) is 24.8 Å². The average molecular weight is 278 g/mol. The fourth-order valence-corrected chi connectivity index (χ4v) is 1.61. The van der Waals surface area contributed by atoms with Gasteiger partial charge in [-0.2, -0.15) is 0 Å². The van der Waals surface area contributed by atoms with E-state index < -0.39 is 0 Å². The Labute approximate surface area is 113 Å². The SMILES string of the molecule is Cl.Cl.NCC(NC(=O)c1ccccn1)C1CC1. The van der Waals surface area contributed by atoms with Crippen LogP contribution in [-0.4, -0.2) is 23.5 Å². The molecule has 1 atom stereocenters. The Morgan fingerprint density at radius 1 is 1.47 bits per heavy atom. The summed E-state index contributed by atoms with van der Waals surface area (Å²) in [7, 11) is 0. The lowest BCUT2D eigenvalue weighted by atomic mass is 10.2. The molecule has 0 spiro atoms. The van der Waals surface area contributed by atoms with Crippen LogP contribution in [0.15, 0.2) is 24.4 Å². The number of nitrogens with one attached hydrogen (secondary N) is 1. The van der Waals surface area contributed by atoms with E-state index in [0.717, 1.165) is 0 Å². The van der Waals surface area contributed by atoms with Gasteiger partial charge < -0.3 is 11.1 Å². The molecule has 0 saturated heterocycles. The van der Waals surface area contributed by atoms with Crippen molar-refractivity contribution in [3.8, 4) is 0 Å². The predicted molar refractivity (Wildman–Crippen MR) is 71.8 cm³/mol. The van der Waals surface area contributed by atoms with E-state index in [1.807, 2.05) is 0 Å². The van der Waals surface area contributed by atoms with Crippen LogP contribution in [0.5, 0.6) is 0 Å². The second-order valence-electron chi connectivity index (χ2n) is 3.87. The minimum atomic E-state index is -0.127. The van der Waals surface area contributed by atoms with Crippen molar-refractivity contribution in [1.82, 2.24) is 10.3 Å². The van der Waals surface area contributed by atoms with Gasteiger partial charge in [0.15, 0.2) is 0 Å². The van der Waals surface area contributed by atoms with Crippen LogP contribution < -0.4 is 11.1 Å². The molecule has 0 aromatic carbocycles. The van der Waals surface area contributed by atoms with Crippen LogP contribution in [0.25, 0.3) is 0 Å². The summed E-state index contributed by atoms with van der Waals surface area (Å²) in [5.74, 6) is 0.445. The number of hydrogen-bond donors (Lipinski definition) is 2. The topological polar surface area (TPSA) is 68.0 Å². The van der Waals surface area contributed by atoms with E-state index in [-0.39, 0.29) is 36.8 Å². The molecule has 1 fully saturated rings. The highest BCUT2D eigenvalue weighted by Gasteiger charge is 2.31. The highest BCUT2D eigenvalue weighted by atomic mass is 35.5. The monoisotopic (exact) mass is 277 g/mol. The summed E-state index contributed by atoms with van der Waals surface area (Å²) in [5, 5.41) is 2.92. The lowest BCUT2D eigenvalue weighted by molar-refractivity contribution is 0.0928. The highest BCUT2D eigenvalue weighted by molar-refractivity contribution is 5.92. The van der Waals surface area contributed by atoms with Crippen molar-refractivity contribution in [3.05, 3.63) is 30.1 Å². The van der Waals surface area contributed by atoms with Crippen molar-refractivity contribution in [1.29, 1.82) is 0 Å². The maximum Gasteiger partial charge on any atom is 0.270 e. The molecule has 1 unspecified atom stereocenters. The zero-order valence-electron chi connectivity index (χ0n) is 9.33. The number of nitrogens with two attached hydrogens (primary N) is 1. The van der Waals surface area contributed by atoms with Crippen molar-refractivity contribution in [2.45, 2.75) is 18.9 Å². The molecule has 0 bridgehead atoms. The van der Waals surface area contributed by atoms with Crippen LogP contribution in [0.2, 0.25) is 0 Å². The van der Waals surface area contributed by atoms with Gasteiger partial charge in [0.1, 0.15) is 5.69 Å². The molecule has 4 nitrogen and oxygen atoms in total. The number of nitrogens with zero attached hydrogens (tertiary/aromatic N) is 1. The highest BCUT2D eigenvalue weighted by Crippen LogP contribution is 2.32. The Morgan fingerprint density at radius 2 is 2.18 bits per heavy atom. The molecule has 1 aliphatic rings. The van der Waals surface area contributed by atoms with Gasteiger partial charge >= 0.3 is 0 Å². The molecule has 17 heavy (non-hydrogen) atoms. The van der Waals surface area contributed by atoms with Crippen molar-refractivity contribution in [2.75, 3.05) is 6.54 Å². The molecular weight excluding hydrogens is 261 g/mol. The van der Waals surface area contributed by atoms with Crippen molar-refractivity contribution >= 4 is 30.7 Å². The molecule has 0 aliphatic heterocycles. The van der Waals surface area contributed by atoms with Gasteiger partial charge in [0.2, 0.25) is 0 Å². The molecule has 96 valence electrons. The van der Waals surface area contributed by atoms with Crippen LogP contribution in [0, 0.1) is 5.92 Å². The second-order valence-corrected chi connectivity index (χ2v) is 3.87. The first-order valence-corrected chi connectivity index (χ1v) is 5.23. The van der Waals surface area contributed by atoms with Gasteiger partial charge in [-0.05, 0) is 30.9 Å². The maximum absolute atomic E-state index is 11.7. The van der Waals surface area contributed by atoms with E-state index in [9.17, 15) is 4.79 Å². The number of halogens is 2. The second kappa shape index (κ2) is 7.48. The van der Waals surface area contributed by atoms with Crippen molar-refractivity contribution in [2.24, 2.45) is 11.7 Å². The van der Waals surface area contributed by atoms with E-state index in [1.165, 1.54) is 12.8 Å². The van der Waals surface area contributed by atoms with Gasteiger partial charge in [0, 0.05) is 18.8 Å². The van der Waals surface area contributed by atoms with Crippen LogP contribution >= 0.6 is 24.8 Å². The summed E-state index contributed by atoms with van der Waals surface area (Å²) in [6.45, 7) is 0.503. The molecule has 0 radical (unpaired) electrons. The fourth-order valence-electron chi connectivity index (χ4n) is 1.61. The normalized spacial score (nSPS) is 15.1. The fraction of sp³-hybridized carbons (Fsp3) is 0.455. The molecule has 1 aromatic heterocycles. The van der Waals surface area contributed by atoms with E-state index in [2.05, 4.69) is 10.3 Å². The van der Waals surface area contributed by atoms with E-state index >= 15 is 0 Å². The first kappa shape index (κ1) is 16.2. The van der Waals surface area contributed by atoms with Crippen molar-refractivity contribution < 1.29 is 4.79 Å². The Hall–Kier alpha value is -0.840. The molecule has 1 heterocycles. The lowest BCUT2D eigenvalue weighted by Gasteiger charge is -2.15. The number of pyridine rings is 1. The summed E-state index contributed by atoms with van der Waals surface area (Å²) in [4.78, 5) is 15.7. The third-order valence-electron chi connectivity index (χ3n) is 2.66. The largest absolute Gasteiger partial charge is 0.346 e. The molecule has 1 amide bonds. The van der Waals surface area contributed by atoms with Gasteiger partial charge in [-0.25, -0.2) is 0 Å². The average Bonchev–Trinajstić information content (AvgIpc) is 3.10. The summed E-state index contributed by atoms with van der Waals surface area (Å²) in [5.41, 5.74) is 6.06. The zero-order chi connectivity index (χ0) is 10.7. The molecule has 1 saturated carbocycles. The Balaban J connectivity index is 0.00000128. The third-order valence-corrected chi connectivity index (χ3v) is 2.66. The Bertz CT molecular complexity index is 344. The number of carbonyl (C=O) groups is 1. The number of carbonyl (C=O) groups excluding carboxylic acids is 1. The summed E-state index contributed by atoms with van der Waals surface area (Å²) >= 11 is 0. The summed E-state index contributed by atoms with van der Waals surface area (Å²) in [6.07, 6.45) is 3.96. The first-order valence-electron chi connectivity index (χ1n) is 5.23. The summed E-state index contributed by atoms with van der Waals surface area (Å²) < 4.78 is 0. The molecule has 2 rings (SSSR count). The maximum atomic E-state index is 11.7. The van der Waals surface area contributed by atoms with E-state index in [4.69, 9.17) is 5.73 Å². The number of rotatable bonds is 4. The molecular formula is C11H17Cl2N3O. The van der Waals surface area contributed by atoms with Gasteiger partial charge in [-0.1, -0.05) is 6.07 Å². The van der Waals surface area contributed by atoms with Crippen LogP contribution in [0.3, 0.4) is 0 Å². The third kappa shape index (κ3) is 4.50. The predicted octanol–water partition coefficient (Wildman–Crippen LogP) is 1.39. The zero-order valence-corrected chi connectivity index (χ0v) is 11.0. The van der Waals surface area contributed by atoms with Crippen molar-refractivity contribution in [3.63, 3.8) is 0 Å². The Kier molecular flexibility index (Phi) is 7.11. The Morgan fingerprint density at radius 3 is 2.65 bits per heavy atom. The minimum absolute atomic E-state index is 0. The quantitative estimate of drug-likeness (QED) is 0.874. The minimum Gasteiger partial charge on any atom is -0.346 e. The number of amides is 1. The molecule has 1 aliphatic carbocycles. The lowest BCUT2D eigenvalue weighted by Crippen LogP contribution is -2.42.